The molecule has 30 heavy (non-hydrogen) atoms. The summed E-state index contributed by atoms with van der Waals surface area (Å²) >= 11 is 4.90. The van der Waals surface area contributed by atoms with Crippen LogP contribution in [0.4, 0.5) is 13.2 Å². The summed E-state index contributed by atoms with van der Waals surface area (Å²) in [5.41, 5.74) is 1.50. The van der Waals surface area contributed by atoms with Crippen molar-refractivity contribution >= 4 is 29.2 Å². The molecule has 3 aromatic carbocycles. The maximum absolute atomic E-state index is 13.2. The summed E-state index contributed by atoms with van der Waals surface area (Å²) in [4.78, 5) is 0. The van der Waals surface area contributed by atoms with Crippen LogP contribution in [0.3, 0.4) is 0 Å². The summed E-state index contributed by atoms with van der Waals surface area (Å²) in [7, 11) is 0. The van der Waals surface area contributed by atoms with Gasteiger partial charge in [0, 0.05) is 5.56 Å². The van der Waals surface area contributed by atoms with Gasteiger partial charge in [-0.25, -0.2) is 5.10 Å². The third-order valence-electron chi connectivity index (χ3n) is 4.37. The Hall–Kier alpha value is -3.46. The Bertz CT molecular complexity index is 1260. The lowest BCUT2D eigenvalue weighted by Gasteiger charge is -2.12. The number of nitrogens with one attached hydrogen (secondary N) is 1. The molecule has 0 amide bonds. The smallest absolute Gasteiger partial charge is 0.453 e. The number of nitrogens with zero attached hydrogens (tertiary/aromatic N) is 3. The first-order valence-electron chi connectivity index (χ1n) is 8.91. The summed E-state index contributed by atoms with van der Waals surface area (Å²) in [6.07, 6.45) is -3.39. The van der Waals surface area contributed by atoms with Crippen molar-refractivity contribution in [3.05, 3.63) is 88.5 Å². The van der Waals surface area contributed by atoms with Crippen LogP contribution in [-0.2, 0) is 12.8 Å². The van der Waals surface area contributed by atoms with Gasteiger partial charge in [0.05, 0.1) is 6.21 Å². The van der Waals surface area contributed by atoms with Crippen LogP contribution in [0.15, 0.2) is 71.8 Å². The Kier molecular flexibility index (Phi) is 5.37. The zero-order valence-electron chi connectivity index (χ0n) is 15.4. The van der Waals surface area contributed by atoms with Gasteiger partial charge < -0.3 is 4.74 Å². The molecule has 0 saturated carbocycles. The monoisotopic (exact) mass is 428 g/mol. The molecule has 5 nitrogen and oxygen atoms in total. The van der Waals surface area contributed by atoms with Crippen molar-refractivity contribution in [1.82, 2.24) is 14.9 Å². The van der Waals surface area contributed by atoms with E-state index in [1.54, 1.807) is 6.07 Å². The number of H-pyrrole nitrogens is 1. The van der Waals surface area contributed by atoms with Crippen molar-refractivity contribution in [2.24, 2.45) is 5.10 Å². The molecule has 0 aliphatic rings. The Balaban J connectivity index is 1.76. The molecule has 4 aromatic rings. The Morgan fingerprint density at radius 1 is 1.03 bits per heavy atom. The van der Waals surface area contributed by atoms with Crippen LogP contribution >= 0.6 is 12.2 Å². The molecule has 9 heteroatoms. The lowest BCUT2D eigenvalue weighted by atomic mass is 10.0. The van der Waals surface area contributed by atoms with E-state index in [2.05, 4.69) is 15.3 Å². The summed E-state index contributed by atoms with van der Waals surface area (Å²) in [5, 5.41) is 11.0. The van der Waals surface area contributed by atoms with Gasteiger partial charge in [0.2, 0.25) is 4.77 Å². The van der Waals surface area contributed by atoms with Crippen molar-refractivity contribution < 1.29 is 17.9 Å². The number of hydrogen-bond donors (Lipinski definition) is 1. The van der Waals surface area contributed by atoms with Crippen molar-refractivity contribution in [1.29, 1.82) is 0 Å². The quantitative estimate of drug-likeness (QED) is 0.334. The lowest BCUT2D eigenvalue weighted by Crippen LogP contribution is -2.13. The van der Waals surface area contributed by atoms with Crippen LogP contribution in [0, 0.1) is 4.77 Å². The summed E-state index contributed by atoms with van der Waals surface area (Å²) in [6, 6.07) is 20.7. The zero-order chi connectivity index (χ0) is 21.1. The Labute approximate surface area is 174 Å². The molecule has 4 rings (SSSR count). The average molecular weight is 428 g/mol. The van der Waals surface area contributed by atoms with E-state index in [-0.39, 0.29) is 4.77 Å². The molecule has 1 aromatic heterocycles. The number of hydrogen-bond acceptors (Lipinski definition) is 4. The van der Waals surface area contributed by atoms with Crippen molar-refractivity contribution in [2.75, 3.05) is 0 Å². The van der Waals surface area contributed by atoms with Gasteiger partial charge in [0.1, 0.15) is 12.4 Å². The van der Waals surface area contributed by atoms with Gasteiger partial charge >= 0.3 is 6.18 Å². The van der Waals surface area contributed by atoms with E-state index in [9.17, 15) is 13.2 Å². The highest BCUT2D eigenvalue weighted by molar-refractivity contribution is 7.71. The van der Waals surface area contributed by atoms with E-state index in [0.29, 0.717) is 22.6 Å². The predicted octanol–water partition coefficient (Wildman–Crippen LogP) is 5.57. The molecule has 0 aliphatic heterocycles. The first kappa shape index (κ1) is 19.8. The first-order chi connectivity index (χ1) is 14.4. The number of benzene rings is 3. The number of ether oxygens (including phenoxy) is 1. The second-order valence-corrected chi connectivity index (χ2v) is 6.77. The number of aromatic amines is 1. The fraction of sp³-hybridized carbons (Fsp3) is 0.0952. The SMILES string of the molecule is FC(F)(F)c1n[nH]c(=S)n1N=Cc1c(OCc2ccccc2)ccc2ccccc12. The molecule has 0 radical (unpaired) electrons. The minimum atomic E-state index is -4.70. The molecule has 0 bridgehead atoms. The third-order valence-corrected chi connectivity index (χ3v) is 4.64. The van der Waals surface area contributed by atoms with Gasteiger partial charge in [-0.3, -0.25) is 0 Å². The van der Waals surface area contributed by atoms with Gasteiger partial charge in [-0.2, -0.15) is 22.9 Å². The Morgan fingerprint density at radius 2 is 1.77 bits per heavy atom. The van der Waals surface area contributed by atoms with Crippen LogP contribution in [0.25, 0.3) is 10.8 Å². The molecular formula is C21H15F3N4OS. The van der Waals surface area contributed by atoms with Crippen molar-refractivity contribution in [2.45, 2.75) is 12.8 Å². The molecule has 0 saturated heterocycles. The standard InChI is InChI=1S/C21H15F3N4OS/c22-21(23,24)19-26-27-20(30)28(19)25-12-17-16-9-5-4-8-15(16)10-11-18(17)29-13-14-6-2-1-3-7-14/h1-12H,13H2,(H,27,30). The van der Waals surface area contributed by atoms with Gasteiger partial charge in [-0.1, -0.05) is 60.7 Å². The number of aromatic nitrogens is 3. The van der Waals surface area contributed by atoms with Gasteiger partial charge in [-0.15, -0.1) is 5.10 Å². The summed E-state index contributed by atoms with van der Waals surface area (Å²) in [5.74, 6) is -0.736. The number of halogens is 3. The first-order valence-corrected chi connectivity index (χ1v) is 9.32. The summed E-state index contributed by atoms with van der Waals surface area (Å²) in [6.45, 7) is 0.305. The van der Waals surface area contributed by atoms with Crippen LogP contribution in [0.5, 0.6) is 5.75 Å². The van der Waals surface area contributed by atoms with Crippen molar-refractivity contribution in [3.63, 3.8) is 0 Å². The number of rotatable bonds is 5. The van der Waals surface area contributed by atoms with Crippen molar-refractivity contribution in [3.8, 4) is 5.75 Å². The minimum absolute atomic E-state index is 0.259. The maximum atomic E-state index is 13.2. The van der Waals surface area contributed by atoms with Gasteiger partial charge in [-0.05, 0) is 34.6 Å². The van der Waals surface area contributed by atoms with E-state index >= 15 is 0 Å². The number of fused-ring (bicyclic) bond motifs is 1. The topological polar surface area (TPSA) is 55.2 Å². The second kappa shape index (κ2) is 8.11. The maximum Gasteiger partial charge on any atom is 0.453 e. The van der Waals surface area contributed by atoms with E-state index in [1.165, 1.54) is 6.21 Å². The molecule has 1 N–H and O–H groups in total. The highest BCUT2D eigenvalue weighted by atomic mass is 32.1. The van der Waals surface area contributed by atoms with E-state index in [4.69, 9.17) is 17.0 Å². The van der Waals surface area contributed by atoms with E-state index in [0.717, 1.165) is 16.3 Å². The number of alkyl halides is 3. The molecular weight excluding hydrogens is 413 g/mol. The van der Waals surface area contributed by atoms with E-state index < -0.39 is 12.0 Å². The molecule has 0 aliphatic carbocycles. The molecule has 0 fully saturated rings. The average Bonchev–Trinajstić information content (AvgIpc) is 3.12. The van der Waals surface area contributed by atoms with Crippen LogP contribution < -0.4 is 4.74 Å². The lowest BCUT2D eigenvalue weighted by molar-refractivity contribution is -0.147. The van der Waals surface area contributed by atoms with Crippen LogP contribution in [-0.4, -0.2) is 21.1 Å². The van der Waals surface area contributed by atoms with Gasteiger partial charge in [0.15, 0.2) is 0 Å². The third kappa shape index (κ3) is 4.11. The van der Waals surface area contributed by atoms with E-state index in [1.807, 2.05) is 60.7 Å². The fourth-order valence-corrected chi connectivity index (χ4v) is 3.15. The summed E-state index contributed by atoms with van der Waals surface area (Å²) < 4.78 is 45.8. The van der Waals surface area contributed by atoms with Gasteiger partial charge in [0.25, 0.3) is 5.82 Å². The van der Waals surface area contributed by atoms with Crippen LogP contribution in [0.2, 0.25) is 0 Å². The molecule has 0 unspecified atom stereocenters. The molecule has 152 valence electrons. The highest BCUT2D eigenvalue weighted by Gasteiger charge is 2.37. The highest BCUT2D eigenvalue weighted by Crippen LogP contribution is 2.29. The molecule has 0 atom stereocenters. The molecule has 1 heterocycles. The largest absolute Gasteiger partial charge is 0.488 e. The minimum Gasteiger partial charge on any atom is -0.488 e. The Morgan fingerprint density at radius 3 is 2.53 bits per heavy atom. The molecule has 0 spiro atoms. The predicted molar refractivity (Wildman–Crippen MR) is 110 cm³/mol. The zero-order valence-corrected chi connectivity index (χ0v) is 16.2. The van der Waals surface area contributed by atoms with Crippen LogP contribution in [0.1, 0.15) is 17.0 Å². The fourth-order valence-electron chi connectivity index (χ4n) is 2.97. The second-order valence-electron chi connectivity index (χ2n) is 6.38. The normalized spacial score (nSPS) is 12.0.